The Morgan fingerprint density at radius 2 is 0.790 bits per heavy atom. The molecule has 470 valence electrons. The van der Waals surface area contributed by atoms with Crippen molar-refractivity contribution >= 4 is 19.7 Å². The highest BCUT2D eigenvalue weighted by atomic mass is 31.2. The predicted molar refractivity (Wildman–Crippen MR) is 348 cm³/mol. The van der Waals surface area contributed by atoms with Gasteiger partial charge in [-0.2, -0.15) is 0 Å². The lowest BCUT2D eigenvalue weighted by molar-refractivity contribution is -0.870. The fourth-order valence-electron chi connectivity index (χ4n) is 9.60. The number of quaternary nitrogens is 1. The van der Waals surface area contributed by atoms with E-state index >= 15 is 0 Å². The summed E-state index contributed by atoms with van der Waals surface area (Å²) < 4.78 is 30.4. The van der Waals surface area contributed by atoms with E-state index in [1.165, 1.54) is 161 Å². The first-order valence-corrected chi connectivity index (χ1v) is 35.4. The van der Waals surface area contributed by atoms with E-state index in [4.69, 9.17) is 13.8 Å². The number of phosphoric ester groups is 1. The number of phosphoric acid groups is 1. The van der Waals surface area contributed by atoms with Gasteiger partial charge >= 0.3 is 5.97 Å². The van der Waals surface area contributed by atoms with Crippen LogP contribution in [-0.4, -0.2) is 69.4 Å². The monoisotopic (exact) mass is 1150 g/mol. The molecule has 0 saturated heterocycles. The Labute approximate surface area is 501 Å². The first-order chi connectivity index (χ1) is 39.4. The van der Waals surface area contributed by atoms with Crippen LogP contribution in [0.5, 0.6) is 0 Å². The van der Waals surface area contributed by atoms with Crippen molar-refractivity contribution in [3.05, 3.63) is 85.1 Å². The lowest BCUT2D eigenvalue weighted by atomic mass is 10.0. The van der Waals surface area contributed by atoms with Gasteiger partial charge in [-0.05, 0) is 102 Å². The lowest BCUT2D eigenvalue weighted by Crippen LogP contribution is -2.47. The Morgan fingerprint density at radius 3 is 1.20 bits per heavy atom. The van der Waals surface area contributed by atoms with Crippen LogP contribution in [0.1, 0.15) is 303 Å². The molecule has 0 spiro atoms. The molecule has 1 amide bonds. The van der Waals surface area contributed by atoms with E-state index in [0.29, 0.717) is 17.4 Å². The zero-order valence-electron chi connectivity index (χ0n) is 53.7. The van der Waals surface area contributed by atoms with E-state index in [9.17, 15) is 19.0 Å². The number of hydrogen-bond acceptors (Lipinski definition) is 7. The second-order valence-electron chi connectivity index (χ2n) is 23.9. The number of carbonyl (C=O) groups is 2. The van der Waals surface area contributed by atoms with E-state index in [0.717, 1.165) is 109 Å². The Kier molecular flexibility index (Phi) is 58.2. The number of carbonyl (C=O) groups excluding carboxylic acids is 2. The molecular weight excluding hydrogens is 1020 g/mol. The number of allylic oxidation sites excluding steroid dienone is 13. The number of ether oxygens (including phenoxy) is 1. The summed E-state index contributed by atoms with van der Waals surface area (Å²) in [6.45, 7) is 6.73. The smallest absolute Gasteiger partial charge is 0.306 e. The van der Waals surface area contributed by atoms with Gasteiger partial charge in [-0.25, -0.2) is 0 Å². The summed E-state index contributed by atoms with van der Waals surface area (Å²) in [7, 11) is 1.18. The maximum atomic E-state index is 13.5. The highest BCUT2D eigenvalue weighted by Crippen LogP contribution is 2.38. The van der Waals surface area contributed by atoms with Gasteiger partial charge in [-0.1, -0.05) is 273 Å². The minimum atomic E-state index is -4.70. The van der Waals surface area contributed by atoms with Crippen LogP contribution >= 0.6 is 7.82 Å². The number of rotatable bonds is 61. The molecule has 0 heterocycles. The topological polar surface area (TPSA) is 114 Å². The summed E-state index contributed by atoms with van der Waals surface area (Å²) >= 11 is 0. The van der Waals surface area contributed by atoms with Crippen LogP contribution in [0.4, 0.5) is 0 Å². The normalized spacial score (nSPS) is 14.1. The van der Waals surface area contributed by atoms with Crippen molar-refractivity contribution in [1.82, 2.24) is 5.32 Å². The number of esters is 1. The number of unbranched alkanes of at least 4 members (excludes halogenated alkanes) is 33. The second kappa shape index (κ2) is 60.3. The fraction of sp³-hybridized carbons (Fsp3) is 0.775. The van der Waals surface area contributed by atoms with Crippen molar-refractivity contribution in [2.45, 2.75) is 315 Å². The predicted octanol–water partition coefficient (Wildman–Crippen LogP) is 20.7. The summed E-state index contributed by atoms with van der Waals surface area (Å²) in [6.07, 6.45) is 79.9. The van der Waals surface area contributed by atoms with E-state index in [1.54, 1.807) is 0 Å². The summed E-state index contributed by atoms with van der Waals surface area (Å²) in [4.78, 5) is 40.1. The Hall–Kier alpha value is -2.81. The largest absolute Gasteiger partial charge is 0.756 e. The lowest BCUT2D eigenvalue weighted by Gasteiger charge is -2.30. The maximum absolute atomic E-state index is 13.5. The van der Waals surface area contributed by atoms with Gasteiger partial charge in [0.2, 0.25) is 5.91 Å². The molecule has 0 aromatic rings. The quantitative estimate of drug-likeness (QED) is 0.0212. The van der Waals surface area contributed by atoms with Crippen LogP contribution < -0.4 is 10.2 Å². The zero-order chi connectivity index (χ0) is 59.3. The summed E-state index contributed by atoms with van der Waals surface area (Å²) in [5.41, 5.74) is 0. The minimum Gasteiger partial charge on any atom is -0.756 e. The van der Waals surface area contributed by atoms with E-state index in [1.807, 2.05) is 33.3 Å². The molecule has 0 fully saturated rings. The van der Waals surface area contributed by atoms with E-state index < -0.39 is 26.6 Å². The molecule has 0 aromatic carbocycles. The number of likely N-dealkylation sites (N-methyl/N-ethyl adjacent to an activating group) is 1. The highest BCUT2D eigenvalue weighted by Gasteiger charge is 2.27. The summed E-state index contributed by atoms with van der Waals surface area (Å²) in [5.74, 6) is -0.546. The molecule has 0 aliphatic heterocycles. The first kappa shape index (κ1) is 78.2. The van der Waals surface area contributed by atoms with Crippen molar-refractivity contribution in [3.63, 3.8) is 0 Å². The van der Waals surface area contributed by atoms with Crippen molar-refractivity contribution in [1.29, 1.82) is 0 Å². The zero-order valence-corrected chi connectivity index (χ0v) is 54.6. The van der Waals surface area contributed by atoms with E-state index in [-0.39, 0.29) is 24.9 Å². The van der Waals surface area contributed by atoms with Gasteiger partial charge in [-0.15, -0.1) is 0 Å². The molecule has 81 heavy (non-hydrogen) atoms. The SMILES string of the molecule is CC/C=C\C/C=C\C/C=C\C/C=C\C/C=C\CCCCCCCCCCCCCC(=O)OC(/C=C\CCCCCCCCCCC)C(COP(=O)([O-])OCC[N+](C)(C)C)NC(=O)CCCCCCCCC/C=C/CCCCCCCC. The van der Waals surface area contributed by atoms with Gasteiger partial charge in [0.15, 0.2) is 0 Å². The molecule has 0 aliphatic rings. The van der Waals surface area contributed by atoms with Gasteiger partial charge in [0.05, 0.1) is 33.8 Å². The third-order valence-corrected chi connectivity index (χ3v) is 15.8. The molecule has 0 rings (SSSR count). The van der Waals surface area contributed by atoms with Crippen molar-refractivity contribution < 1.29 is 37.3 Å². The number of nitrogens with one attached hydrogen (secondary N) is 1. The second-order valence-corrected chi connectivity index (χ2v) is 25.4. The van der Waals surface area contributed by atoms with Crippen molar-refractivity contribution in [2.24, 2.45) is 0 Å². The molecule has 10 heteroatoms. The Morgan fingerprint density at radius 1 is 0.444 bits per heavy atom. The van der Waals surface area contributed by atoms with Crippen LogP contribution in [0.15, 0.2) is 85.1 Å². The molecule has 0 bridgehead atoms. The minimum absolute atomic E-state index is 0.0256. The fourth-order valence-corrected chi connectivity index (χ4v) is 10.3. The maximum Gasteiger partial charge on any atom is 0.306 e. The van der Waals surface area contributed by atoms with Gasteiger partial charge in [0, 0.05) is 12.8 Å². The average Bonchev–Trinajstić information content (AvgIpc) is 3.44. The Balaban J connectivity index is 5.05. The van der Waals surface area contributed by atoms with Gasteiger partial charge in [0.1, 0.15) is 19.3 Å². The molecule has 0 aliphatic carbocycles. The van der Waals surface area contributed by atoms with Crippen molar-refractivity contribution in [3.8, 4) is 0 Å². The standard InChI is InChI=1S/C71H129N2O7P/c1-7-10-13-16-19-22-25-27-29-31-32-33-34-35-36-37-38-39-40-42-44-46-49-52-55-58-61-64-71(75)80-69(62-59-56-53-50-47-24-21-18-15-12-9-3)68(67-79-81(76,77)78-66-65-73(4,5)6)72-70(74)63-60-57-54-51-48-45-43-41-30-28-26-23-20-17-14-11-8-2/h10,13,19,22,27-30,32-33,35-36,59,62,68-69H,7-9,11-12,14-18,20-21,23-26,31,34,37-58,60-61,63-67H2,1-6H3,(H-,72,74,76,77)/b13-10-,22-19-,29-27-,30-28+,33-32-,36-35-,62-59-. The molecule has 0 radical (unpaired) electrons. The van der Waals surface area contributed by atoms with Crippen LogP contribution in [0.3, 0.4) is 0 Å². The number of hydrogen-bond donors (Lipinski definition) is 1. The molecule has 0 saturated carbocycles. The number of amides is 1. The van der Waals surface area contributed by atoms with Gasteiger partial charge in [-0.3, -0.25) is 14.2 Å². The average molecular weight is 1150 g/mol. The van der Waals surface area contributed by atoms with Crippen LogP contribution in [0.25, 0.3) is 0 Å². The van der Waals surface area contributed by atoms with Gasteiger partial charge < -0.3 is 28.5 Å². The van der Waals surface area contributed by atoms with Crippen LogP contribution in [0, 0.1) is 0 Å². The Bertz CT molecular complexity index is 1660. The third-order valence-electron chi connectivity index (χ3n) is 14.8. The van der Waals surface area contributed by atoms with Crippen LogP contribution in [-0.2, 0) is 27.9 Å². The first-order valence-electron chi connectivity index (χ1n) is 33.9. The molecule has 3 unspecified atom stereocenters. The number of nitrogens with zero attached hydrogens (tertiary/aromatic N) is 1. The molecule has 0 aromatic heterocycles. The van der Waals surface area contributed by atoms with Crippen LogP contribution in [0.2, 0.25) is 0 Å². The summed E-state index contributed by atoms with van der Waals surface area (Å²) in [5, 5.41) is 3.03. The summed E-state index contributed by atoms with van der Waals surface area (Å²) in [6, 6.07) is -0.895. The van der Waals surface area contributed by atoms with Crippen molar-refractivity contribution in [2.75, 3.05) is 40.9 Å². The molecule has 1 N–H and O–H groups in total. The van der Waals surface area contributed by atoms with Gasteiger partial charge in [0.25, 0.3) is 7.82 Å². The highest BCUT2D eigenvalue weighted by molar-refractivity contribution is 7.45. The van der Waals surface area contributed by atoms with E-state index in [2.05, 4.69) is 99.0 Å². The molecule has 9 nitrogen and oxygen atoms in total. The third kappa shape index (κ3) is 61.6. The molecular formula is C71H129N2O7P. The molecule has 3 atom stereocenters.